The number of pyridine rings is 1. The Bertz CT molecular complexity index is 588. The van der Waals surface area contributed by atoms with Gasteiger partial charge in [0.25, 0.3) is 0 Å². The van der Waals surface area contributed by atoms with Crippen LogP contribution < -0.4 is 4.74 Å². The van der Waals surface area contributed by atoms with Crippen LogP contribution in [0.25, 0.3) is 11.3 Å². The van der Waals surface area contributed by atoms with Crippen molar-refractivity contribution in [2.75, 3.05) is 7.11 Å². The fraction of sp³-hybridized carbons (Fsp3) is 0.0769. The fourth-order valence-corrected chi connectivity index (χ4v) is 1.54. The molecule has 4 nitrogen and oxygen atoms in total. The number of nitrogens with zero attached hydrogens (tertiary/aromatic N) is 2. The van der Waals surface area contributed by atoms with Crippen LogP contribution in [0.15, 0.2) is 36.5 Å². The Morgan fingerprint density at radius 1 is 1.35 bits per heavy atom. The van der Waals surface area contributed by atoms with Gasteiger partial charge in [0.1, 0.15) is 11.8 Å². The number of rotatable bonds is 2. The summed E-state index contributed by atoms with van der Waals surface area (Å²) >= 11 is 0. The van der Waals surface area contributed by atoms with E-state index in [4.69, 9.17) is 10.00 Å². The SMILES string of the molecule is COc1ccccc1-c1cc(C#N)c(O)cn1. The summed E-state index contributed by atoms with van der Waals surface area (Å²) < 4.78 is 5.22. The lowest BCUT2D eigenvalue weighted by atomic mass is 10.1. The summed E-state index contributed by atoms with van der Waals surface area (Å²) in [7, 11) is 1.57. The smallest absolute Gasteiger partial charge is 0.151 e. The van der Waals surface area contributed by atoms with Gasteiger partial charge in [-0.3, -0.25) is 4.98 Å². The van der Waals surface area contributed by atoms with Crippen LogP contribution in [-0.2, 0) is 0 Å². The van der Waals surface area contributed by atoms with E-state index in [-0.39, 0.29) is 11.3 Å². The van der Waals surface area contributed by atoms with E-state index in [1.165, 1.54) is 12.3 Å². The molecule has 1 heterocycles. The summed E-state index contributed by atoms with van der Waals surface area (Å²) in [6.45, 7) is 0. The summed E-state index contributed by atoms with van der Waals surface area (Å²) in [5.74, 6) is 0.556. The van der Waals surface area contributed by atoms with Crippen LogP contribution in [-0.4, -0.2) is 17.2 Å². The first kappa shape index (κ1) is 11.0. The molecule has 0 amide bonds. The van der Waals surface area contributed by atoms with E-state index in [2.05, 4.69) is 4.98 Å². The van der Waals surface area contributed by atoms with Crippen molar-refractivity contribution in [2.24, 2.45) is 0 Å². The van der Waals surface area contributed by atoms with Crippen LogP contribution in [0.5, 0.6) is 11.5 Å². The molecule has 0 spiro atoms. The Morgan fingerprint density at radius 3 is 2.82 bits per heavy atom. The second-order valence-electron chi connectivity index (χ2n) is 3.40. The van der Waals surface area contributed by atoms with Crippen LogP contribution in [0.3, 0.4) is 0 Å². The lowest BCUT2D eigenvalue weighted by Crippen LogP contribution is -1.90. The molecule has 0 saturated heterocycles. The predicted molar refractivity (Wildman–Crippen MR) is 62.6 cm³/mol. The summed E-state index contributed by atoms with van der Waals surface area (Å²) in [6, 6.07) is 10.8. The molecule has 1 N–H and O–H groups in total. The molecule has 0 aliphatic carbocycles. The van der Waals surface area contributed by atoms with Gasteiger partial charge < -0.3 is 9.84 Å². The number of benzene rings is 1. The normalized spacial score (nSPS) is 9.65. The minimum absolute atomic E-state index is 0.119. The Kier molecular flexibility index (Phi) is 2.93. The van der Waals surface area contributed by atoms with Gasteiger partial charge in [0.2, 0.25) is 0 Å². The second-order valence-corrected chi connectivity index (χ2v) is 3.40. The zero-order valence-electron chi connectivity index (χ0n) is 9.21. The highest BCUT2D eigenvalue weighted by Gasteiger charge is 2.09. The molecule has 0 unspecified atom stereocenters. The molecule has 0 aliphatic heterocycles. The summed E-state index contributed by atoms with van der Waals surface area (Å²) in [5.41, 5.74) is 1.57. The van der Waals surface area contributed by atoms with Crippen LogP contribution in [0.1, 0.15) is 5.56 Å². The third-order valence-electron chi connectivity index (χ3n) is 2.39. The third kappa shape index (κ3) is 2.04. The molecule has 0 radical (unpaired) electrons. The Balaban J connectivity index is 2.58. The van der Waals surface area contributed by atoms with Crippen molar-refractivity contribution < 1.29 is 9.84 Å². The highest BCUT2D eigenvalue weighted by atomic mass is 16.5. The first-order valence-corrected chi connectivity index (χ1v) is 4.98. The summed E-state index contributed by atoms with van der Waals surface area (Å²) in [6.07, 6.45) is 1.26. The first-order chi connectivity index (χ1) is 8.26. The first-order valence-electron chi connectivity index (χ1n) is 4.98. The van der Waals surface area contributed by atoms with E-state index in [1.807, 2.05) is 30.3 Å². The van der Waals surface area contributed by atoms with E-state index < -0.39 is 0 Å². The second kappa shape index (κ2) is 4.54. The number of aromatic hydroxyl groups is 1. The molecule has 17 heavy (non-hydrogen) atoms. The van der Waals surface area contributed by atoms with Gasteiger partial charge in [-0.05, 0) is 18.2 Å². The summed E-state index contributed by atoms with van der Waals surface area (Å²) in [5, 5.41) is 18.2. The van der Waals surface area contributed by atoms with Crippen molar-refractivity contribution in [3.05, 3.63) is 42.1 Å². The molecule has 0 aliphatic rings. The monoisotopic (exact) mass is 226 g/mol. The van der Waals surface area contributed by atoms with E-state index in [0.29, 0.717) is 11.4 Å². The van der Waals surface area contributed by atoms with Crippen molar-refractivity contribution in [1.82, 2.24) is 4.98 Å². The molecule has 0 fully saturated rings. The average Bonchev–Trinajstić information content (AvgIpc) is 2.39. The van der Waals surface area contributed by atoms with Crippen LogP contribution in [0.4, 0.5) is 0 Å². The van der Waals surface area contributed by atoms with Gasteiger partial charge in [-0.1, -0.05) is 12.1 Å². The maximum Gasteiger partial charge on any atom is 0.151 e. The molecule has 1 aromatic carbocycles. The number of methoxy groups -OCH3 is 1. The van der Waals surface area contributed by atoms with E-state index in [1.54, 1.807) is 7.11 Å². The van der Waals surface area contributed by atoms with Gasteiger partial charge in [0, 0.05) is 5.56 Å². The molecule has 2 rings (SSSR count). The van der Waals surface area contributed by atoms with Crippen molar-refractivity contribution >= 4 is 0 Å². The zero-order chi connectivity index (χ0) is 12.3. The summed E-state index contributed by atoms with van der Waals surface area (Å²) in [4.78, 5) is 4.08. The fourth-order valence-electron chi connectivity index (χ4n) is 1.54. The van der Waals surface area contributed by atoms with E-state index >= 15 is 0 Å². The quantitative estimate of drug-likeness (QED) is 0.853. The van der Waals surface area contributed by atoms with Crippen molar-refractivity contribution in [2.45, 2.75) is 0 Å². The molecular formula is C13H10N2O2. The highest BCUT2D eigenvalue weighted by molar-refractivity contribution is 5.69. The topological polar surface area (TPSA) is 66.1 Å². The Morgan fingerprint density at radius 2 is 2.12 bits per heavy atom. The average molecular weight is 226 g/mol. The van der Waals surface area contributed by atoms with E-state index in [9.17, 15) is 5.11 Å². The molecule has 2 aromatic rings. The van der Waals surface area contributed by atoms with Gasteiger partial charge in [0.15, 0.2) is 5.75 Å². The molecule has 4 heteroatoms. The van der Waals surface area contributed by atoms with E-state index in [0.717, 1.165) is 5.56 Å². The van der Waals surface area contributed by atoms with Crippen LogP contribution >= 0.6 is 0 Å². The maximum absolute atomic E-state index is 9.39. The Labute approximate surface area is 98.7 Å². The molecule has 0 atom stereocenters. The minimum Gasteiger partial charge on any atom is -0.505 e. The number of nitriles is 1. The van der Waals surface area contributed by atoms with Crippen molar-refractivity contribution in [1.29, 1.82) is 5.26 Å². The minimum atomic E-state index is -0.119. The standard InChI is InChI=1S/C13H10N2O2/c1-17-13-5-3-2-4-10(13)11-6-9(7-14)12(16)8-15-11/h2-6,8,16H,1H3. The van der Waals surface area contributed by atoms with Gasteiger partial charge in [-0.15, -0.1) is 0 Å². The number of aromatic nitrogens is 1. The van der Waals surface area contributed by atoms with Crippen molar-refractivity contribution in [3.8, 4) is 28.8 Å². The number of hydrogen-bond donors (Lipinski definition) is 1. The lowest BCUT2D eigenvalue weighted by molar-refractivity contribution is 0.416. The molecular weight excluding hydrogens is 216 g/mol. The van der Waals surface area contributed by atoms with Gasteiger partial charge in [-0.25, -0.2) is 0 Å². The molecule has 84 valence electrons. The Hall–Kier alpha value is -2.54. The molecule has 0 saturated carbocycles. The van der Waals surface area contributed by atoms with Gasteiger partial charge in [0.05, 0.1) is 24.6 Å². The molecule has 0 bridgehead atoms. The number of para-hydroxylation sites is 1. The highest BCUT2D eigenvalue weighted by Crippen LogP contribution is 2.30. The largest absolute Gasteiger partial charge is 0.505 e. The van der Waals surface area contributed by atoms with Gasteiger partial charge >= 0.3 is 0 Å². The maximum atomic E-state index is 9.39. The van der Waals surface area contributed by atoms with Gasteiger partial charge in [-0.2, -0.15) is 5.26 Å². The van der Waals surface area contributed by atoms with Crippen molar-refractivity contribution in [3.63, 3.8) is 0 Å². The zero-order valence-corrected chi connectivity index (χ0v) is 9.21. The van der Waals surface area contributed by atoms with Crippen LogP contribution in [0, 0.1) is 11.3 Å². The predicted octanol–water partition coefficient (Wildman–Crippen LogP) is 2.33. The lowest BCUT2D eigenvalue weighted by Gasteiger charge is -2.07. The van der Waals surface area contributed by atoms with Crippen LogP contribution in [0.2, 0.25) is 0 Å². The third-order valence-corrected chi connectivity index (χ3v) is 2.39. The molecule has 1 aromatic heterocycles. The number of ether oxygens (including phenoxy) is 1. The number of hydrogen-bond acceptors (Lipinski definition) is 4.